The standard InChI is InChI=1S/C22H22FN3OS/c1-15-19(21(27)24-13-7-10-16-8-4-3-5-9-16)20(26-22(25-15)28-2)17-11-6-12-18(23)14-17/h3-6,8-9,11-12,14H,7,10,13H2,1-2H3,(H,24,27). The van der Waals surface area contributed by atoms with Crippen LogP contribution in [0.2, 0.25) is 0 Å². The molecule has 0 bridgehead atoms. The van der Waals surface area contributed by atoms with E-state index in [1.54, 1.807) is 19.1 Å². The number of aromatic nitrogens is 2. The fraction of sp³-hybridized carbons (Fsp3) is 0.227. The van der Waals surface area contributed by atoms with E-state index in [1.807, 2.05) is 24.5 Å². The number of amides is 1. The number of carbonyl (C=O) groups is 1. The van der Waals surface area contributed by atoms with Crippen LogP contribution in [0.15, 0.2) is 59.8 Å². The molecular formula is C22H22FN3OS. The Morgan fingerprint density at radius 3 is 2.61 bits per heavy atom. The number of nitrogens with one attached hydrogen (secondary N) is 1. The lowest BCUT2D eigenvalue weighted by molar-refractivity contribution is 0.0952. The molecule has 0 aliphatic carbocycles. The second-order valence-electron chi connectivity index (χ2n) is 6.37. The van der Waals surface area contributed by atoms with Crippen LogP contribution in [-0.4, -0.2) is 28.7 Å². The predicted molar refractivity (Wildman–Crippen MR) is 111 cm³/mol. The van der Waals surface area contributed by atoms with Gasteiger partial charge >= 0.3 is 0 Å². The molecule has 0 aliphatic heterocycles. The number of halogens is 1. The monoisotopic (exact) mass is 395 g/mol. The Morgan fingerprint density at radius 2 is 1.89 bits per heavy atom. The maximum Gasteiger partial charge on any atom is 0.255 e. The first kappa shape index (κ1) is 20.0. The van der Waals surface area contributed by atoms with Crippen LogP contribution < -0.4 is 5.32 Å². The maximum absolute atomic E-state index is 13.7. The SMILES string of the molecule is CSc1nc(C)c(C(=O)NCCCc2ccccc2)c(-c2cccc(F)c2)n1. The van der Waals surface area contributed by atoms with Crippen molar-refractivity contribution in [3.63, 3.8) is 0 Å². The summed E-state index contributed by atoms with van der Waals surface area (Å²) in [6.45, 7) is 2.32. The third kappa shape index (κ3) is 4.95. The lowest BCUT2D eigenvalue weighted by Crippen LogP contribution is -2.27. The van der Waals surface area contributed by atoms with Gasteiger partial charge in [0.25, 0.3) is 5.91 Å². The van der Waals surface area contributed by atoms with Crippen LogP contribution in [0, 0.1) is 12.7 Å². The Bertz CT molecular complexity index is 963. The second-order valence-corrected chi connectivity index (χ2v) is 7.15. The van der Waals surface area contributed by atoms with Gasteiger partial charge in [-0.2, -0.15) is 0 Å². The number of rotatable bonds is 7. The van der Waals surface area contributed by atoms with Gasteiger partial charge in [0.15, 0.2) is 5.16 Å². The van der Waals surface area contributed by atoms with E-state index in [-0.39, 0.29) is 11.7 Å². The summed E-state index contributed by atoms with van der Waals surface area (Å²) >= 11 is 1.39. The highest BCUT2D eigenvalue weighted by atomic mass is 32.2. The Kier molecular flexibility index (Phi) is 6.76. The number of hydrogen-bond acceptors (Lipinski definition) is 4. The minimum absolute atomic E-state index is 0.238. The summed E-state index contributed by atoms with van der Waals surface area (Å²) in [5.41, 5.74) is 3.23. The summed E-state index contributed by atoms with van der Waals surface area (Å²) in [4.78, 5) is 21.7. The molecule has 2 aromatic carbocycles. The van der Waals surface area contributed by atoms with Crippen molar-refractivity contribution in [1.82, 2.24) is 15.3 Å². The summed E-state index contributed by atoms with van der Waals surface area (Å²) in [5.74, 6) is -0.605. The molecule has 1 heterocycles. The fourth-order valence-electron chi connectivity index (χ4n) is 2.98. The molecule has 0 aliphatic rings. The largest absolute Gasteiger partial charge is 0.352 e. The summed E-state index contributed by atoms with van der Waals surface area (Å²) < 4.78 is 13.7. The van der Waals surface area contributed by atoms with E-state index in [9.17, 15) is 9.18 Å². The highest BCUT2D eigenvalue weighted by Crippen LogP contribution is 2.26. The average Bonchev–Trinajstić information content (AvgIpc) is 2.71. The normalized spacial score (nSPS) is 10.7. The van der Waals surface area contributed by atoms with Crippen molar-refractivity contribution in [2.45, 2.75) is 24.9 Å². The van der Waals surface area contributed by atoms with Gasteiger partial charge in [0, 0.05) is 12.1 Å². The number of carbonyl (C=O) groups excluding carboxylic acids is 1. The quantitative estimate of drug-likeness (QED) is 0.359. The molecule has 1 aromatic heterocycles. The zero-order valence-electron chi connectivity index (χ0n) is 15.9. The van der Waals surface area contributed by atoms with Crippen LogP contribution in [-0.2, 0) is 6.42 Å². The number of aryl methyl sites for hydroxylation is 2. The molecule has 144 valence electrons. The Balaban J connectivity index is 1.78. The van der Waals surface area contributed by atoms with E-state index in [2.05, 4.69) is 27.4 Å². The molecule has 0 saturated heterocycles. The maximum atomic E-state index is 13.7. The van der Waals surface area contributed by atoms with Crippen LogP contribution in [0.5, 0.6) is 0 Å². The van der Waals surface area contributed by atoms with Crippen LogP contribution in [0.4, 0.5) is 4.39 Å². The number of nitrogens with zero attached hydrogens (tertiary/aromatic N) is 2. The summed E-state index contributed by atoms with van der Waals surface area (Å²) in [6.07, 6.45) is 3.58. The van der Waals surface area contributed by atoms with E-state index < -0.39 is 0 Å². The number of benzene rings is 2. The van der Waals surface area contributed by atoms with Crippen molar-refractivity contribution in [1.29, 1.82) is 0 Å². The Morgan fingerprint density at radius 1 is 1.11 bits per heavy atom. The third-order valence-corrected chi connectivity index (χ3v) is 4.90. The van der Waals surface area contributed by atoms with Crippen molar-refractivity contribution >= 4 is 17.7 Å². The first-order chi connectivity index (χ1) is 13.6. The molecule has 1 amide bonds. The third-order valence-electron chi connectivity index (χ3n) is 4.35. The minimum Gasteiger partial charge on any atom is -0.352 e. The van der Waals surface area contributed by atoms with E-state index in [4.69, 9.17) is 0 Å². The van der Waals surface area contributed by atoms with Gasteiger partial charge in [-0.25, -0.2) is 14.4 Å². The molecule has 0 unspecified atom stereocenters. The van der Waals surface area contributed by atoms with Gasteiger partial charge in [-0.3, -0.25) is 4.79 Å². The van der Waals surface area contributed by atoms with E-state index >= 15 is 0 Å². The lowest BCUT2D eigenvalue weighted by atomic mass is 10.0. The zero-order valence-corrected chi connectivity index (χ0v) is 16.7. The molecule has 0 radical (unpaired) electrons. The molecule has 0 saturated carbocycles. The minimum atomic E-state index is -0.367. The topological polar surface area (TPSA) is 54.9 Å². The Hall–Kier alpha value is -2.73. The van der Waals surface area contributed by atoms with Crippen LogP contribution in [0.3, 0.4) is 0 Å². The van der Waals surface area contributed by atoms with Crippen LogP contribution >= 0.6 is 11.8 Å². The fourth-order valence-corrected chi connectivity index (χ4v) is 3.39. The van der Waals surface area contributed by atoms with Gasteiger partial charge in [0.1, 0.15) is 5.82 Å². The molecule has 0 spiro atoms. The van der Waals surface area contributed by atoms with E-state index in [0.717, 1.165) is 12.8 Å². The average molecular weight is 396 g/mol. The molecule has 3 aromatic rings. The molecule has 4 nitrogen and oxygen atoms in total. The molecule has 1 N–H and O–H groups in total. The summed E-state index contributed by atoms with van der Waals surface area (Å²) in [6, 6.07) is 16.3. The van der Waals surface area contributed by atoms with Crippen molar-refractivity contribution in [3.05, 3.63) is 77.2 Å². The van der Waals surface area contributed by atoms with E-state index in [0.29, 0.717) is 34.2 Å². The van der Waals surface area contributed by atoms with Gasteiger partial charge < -0.3 is 5.32 Å². The summed E-state index contributed by atoms with van der Waals surface area (Å²) in [5, 5.41) is 3.51. The van der Waals surface area contributed by atoms with Gasteiger partial charge in [-0.15, -0.1) is 0 Å². The van der Waals surface area contributed by atoms with Crippen molar-refractivity contribution in [3.8, 4) is 11.3 Å². The van der Waals surface area contributed by atoms with Gasteiger partial charge in [-0.05, 0) is 43.7 Å². The van der Waals surface area contributed by atoms with E-state index in [1.165, 1.54) is 29.5 Å². The second kappa shape index (κ2) is 9.46. The summed E-state index contributed by atoms with van der Waals surface area (Å²) in [7, 11) is 0. The molecule has 28 heavy (non-hydrogen) atoms. The molecule has 3 rings (SSSR count). The molecule has 6 heteroatoms. The smallest absolute Gasteiger partial charge is 0.255 e. The highest BCUT2D eigenvalue weighted by Gasteiger charge is 2.20. The van der Waals surface area contributed by atoms with Crippen molar-refractivity contribution < 1.29 is 9.18 Å². The van der Waals surface area contributed by atoms with Crippen molar-refractivity contribution in [2.75, 3.05) is 12.8 Å². The zero-order chi connectivity index (χ0) is 19.9. The van der Waals surface area contributed by atoms with Gasteiger partial charge in [-0.1, -0.05) is 54.2 Å². The van der Waals surface area contributed by atoms with Gasteiger partial charge in [0.2, 0.25) is 0 Å². The first-order valence-corrected chi connectivity index (χ1v) is 10.3. The van der Waals surface area contributed by atoms with Gasteiger partial charge in [0.05, 0.1) is 17.0 Å². The Labute approximate surface area is 168 Å². The lowest BCUT2D eigenvalue weighted by Gasteiger charge is -2.13. The first-order valence-electron chi connectivity index (χ1n) is 9.09. The number of thioether (sulfide) groups is 1. The number of hydrogen-bond donors (Lipinski definition) is 1. The molecular weight excluding hydrogens is 373 g/mol. The molecule has 0 atom stereocenters. The van der Waals surface area contributed by atoms with Crippen LogP contribution in [0.25, 0.3) is 11.3 Å². The predicted octanol–water partition coefficient (Wildman–Crippen LogP) is 4.68. The van der Waals surface area contributed by atoms with Crippen LogP contribution in [0.1, 0.15) is 28.0 Å². The van der Waals surface area contributed by atoms with Crippen molar-refractivity contribution in [2.24, 2.45) is 0 Å². The molecule has 0 fully saturated rings. The highest BCUT2D eigenvalue weighted by molar-refractivity contribution is 7.98.